The quantitative estimate of drug-likeness (QED) is 0.820. The molecule has 0 aromatic carbocycles. The lowest BCUT2D eigenvalue weighted by Crippen LogP contribution is -2.34. The Morgan fingerprint density at radius 2 is 2.05 bits per heavy atom. The van der Waals surface area contributed by atoms with E-state index in [9.17, 15) is 4.79 Å². The molecule has 0 atom stereocenters. The van der Waals surface area contributed by atoms with Crippen molar-refractivity contribution in [3.63, 3.8) is 0 Å². The minimum absolute atomic E-state index is 0.0620. The summed E-state index contributed by atoms with van der Waals surface area (Å²) >= 11 is 1.39. The molecule has 6 heteroatoms. The number of thiazole rings is 1. The van der Waals surface area contributed by atoms with Crippen LogP contribution in [0.2, 0.25) is 0 Å². The van der Waals surface area contributed by atoms with Crippen LogP contribution in [0.4, 0.5) is 10.9 Å². The number of nitrogen functional groups attached to an aromatic ring is 1. The fraction of sp³-hybridized carbons (Fsp3) is 0.733. The molecule has 0 bridgehead atoms. The monoisotopic (exact) mass is 310 g/mol. The number of carbonyl (C=O) groups excluding carboxylic acids is 1. The second-order valence-corrected chi connectivity index (χ2v) is 6.77. The molecule has 0 radical (unpaired) electrons. The van der Waals surface area contributed by atoms with Crippen LogP contribution >= 0.6 is 11.3 Å². The summed E-state index contributed by atoms with van der Waals surface area (Å²) in [5, 5.41) is 3.95. The maximum atomic E-state index is 12.4. The lowest BCUT2D eigenvalue weighted by Gasteiger charge is -2.15. The highest BCUT2D eigenvalue weighted by molar-refractivity contribution is 7.18. The van der Waals surface area contributed by atoms with Crippen LogP contribution in [0.5, 0.6) is 0 Å². The van der Waals surface area contributed by atoms with Crippen molar-refractivity contribution in [2.75, 3.05) is 24.2 Å². The van der Waals surface area contributed by atoms with Gasteiger partial charge in [-0.3, -0.25) is 4.79 Å². The fourth-order valence-electron chi connectivity index (χ4n) is 2.75. The van der Waals surface area contributed by atoms with Gasteiger partial charge in [-0.25, -0.2) is 4.98 Å². The molecule has 1 aliphatic rings. The largest absolute Gasteiger partial charge is 0.382 e. The van der Waals surface area contributed by atoms with Gasteiger partial charge in [-0.1, -0.05) is 43.9 Å². The number of rotatable bonds is 5. The summed E-state index contributed by atoms with van der Waals surface area (Å²) in [6.07, 6.45) is 8.16. The molecule has 0 saturated heterocycles. The van der Waals surface area contributed by atoms with E-state index in [1.165, 1.54) is 37.0 Å². The second-order valence-electron chi connectivity index (χ2n) is 5.79. The number of anilines is 2. The molecule has 21 heavy (non-hydrogen) atoms. The van der Waals surface area contributed by atoms with Crippen LogP contribution in [0.3, 0.4) is 0 Å². The number of nitrogens with two attached hydrogens (primary N) is 1. The predicted molar refractivity (Wildman–Crippen MR) is 89.0 cm³/mol. The molecule has 1 amide bonds. The van der Waals surface area contributed by atoms with Gasteiger partial charge in [0.05, 0.1) is 0 Å². The molecule has 1 aromatic heterocycles. The maximum absolute atomic E-state index is 12.4. The Kier molecular flexibility index (Phi) is 5.85. The van der Waals surface area contributed by atoms with Crippen molar-refractivity contribution < 1.29 is 4.79 Å². The molecule has 1 fully saturated rings. The smallest absolute Gasteiger partial charge is 0.265 e. The van der Waals surface area contributed by atoms with Gasteiger partial charge in [0.1, 0.15) is 10.7 Å². The van der Waals surface area contributed by atoms with E-state index in [1.807, 2.05) is 11.9 Å². The number of nitrogens with one attached hydrogen (secondary N) is 1. The Morgan fingerprint density at radius 1 is 1.38 bits per heavy atom. The molecule has 1 heterocycles. The van der Waals surface area contributed by atoms with Gasteiger partial charge < -0.3 is 16.0 Å². The van der Waals surface area contributed by atoms with Gasteiger partial charge in [-0.15, -0.1) is 0 Å². The predicted octanol–water partition coefficient (Wildman–Crippen LogP) is 3.02. The highest BCUT2D eigenvalue weighted by Gasteiger charge is 2.21. The zero-order valence-electron chi connectivity index (χ0n) is 13.0. The molecule has 1 saturated carbocycles. The minimum atomic E-state index is -0.0620. The lowest BCUT2D eigenvalue weighted by atomic mass is 10.1. The van der Waals surface area contributed by atoms with Gasteiger partial charge in [0.2, 0.25) is 0 Å². The molecule has 1 aliphatic carbocycles. The van der Waals surface area contributed by atoms with Gasteiger partial charge in [0.25, 0.3) is 5.91 Å². The Labute approximate surface area is 130 Å². The standard InChI is InChI=1S/C15H26N4OS/c1-3-10-19(2)15-18-13(16)12(21-15)14(20)17-11-8-6-4-5-7-9-11/h11H,3-10,16H2,1-2H3,(H,17,20). The van der Waals surface area contributed by atoms with Crippen molar-refractivity contribution in [2.45, 2.75) is 57.9 Å². The summed E-state index contributed by atoms with van der Waals surface area (Å²) in [5.41, 5.74) is 5.92. The summed E-state index contributed by atoms with van der Waals surface area (Å²) in [7, 11) is 1.98. The molecule has 1 aromatic rings. The molecule has 3 N–H and O–H groups in total. The van der Waals surface area contributed by atoms with Crippen molar-refractivity contribution in [3.8, 4) is 0 Å². The van der Waals surface area contributed by atoms with Gasteiger partial charge in [0.15, 0.2) is 5.13 Å². The topological polar surface area (TPSA) is 71.2 Å². The third kappa shape index (κ3) is 4.33. The molecule has 118 valence electrons. The van der Waals surface area contributed by atoms with Crippen molar-refractivity contribution in [1.29, 1.82) is 0 Å². The third-order valence-electron chi connectivity index (χ3n) is 3.92. The first-order valence-electron chi connectivity index (χ1n) is 7.90. The zero-order chi connectivity index (χ0) is 15.2. The minimum Gasteiger partial charge on any atom is -0.382 e. The van der Waals surface area contributed by atoms with Gasteiger partial charge in [-0.05, 0) is 19.3 Å². The first kappa shape index (κ1) is 16.1. The summed E-state index contributed by atoms with van der Waals surface area (Å²) in [4.78, 5) is 19.3. The van der Waals surface area contributed by atoms with Crippen molar-refractivity contribution in [3.05, 3.63) is 4.88 Å². The number of amides is 1. The van der Waals surface area contributed by atoms with Crippen molar-refractivity contribution in [2.24, 2.45) is 0 Å². The first-order chi connectivity index (χ1) is 10.1. The van der Waals surface area contributed by atoms with Crippen LogP contribution in [-0.2, 0) is 0 Å². The van der Waals surface area contributed by atoms with Crippen molar-refractivity contribution >= 4 is 28.2 Å². The van der Waals surface area contributed by atoms with E-state index >= 15 is 0 Å². The van der Waals surface area contributed by atoms with Crippen LogP contribution in [-0.4, -0.2) is 30.5 Å². The average Bonchev–Trinajstić information content (AvgIpc) is 2.67. The van der Waals surface area contributed by atoms with Crippen LogP contribution in [0.25, 0.3) is 0 Å². The normalized spacial score (nSPS) is 16.5. The van der Waals surface area contributed by atoms with E-state index in [2.05, 4.69) is 17.2 Å². The van der Waals surface area contributed by atoms with E-state index in [1.54, 1.807) is 0 Å². The van der Waals surface area contributed by atoms with E-state index in [0.717, 1.165) is 30.9 Å². The zero-order valence-corrected chi connectivity index (χ0v) is 13.8. The van der Waals surface area contributed by atoms with E-state index in [0.29, 0.717) is 16.7 Å². The Balaban J connectivity index is 2.01. The van der Waals surface area contributed by atoms with E-state index < -0.39 is 0 Å². The summed E-state index contributed by atoms with van der Waals surface area (Å²) < 4.78 is 0. The summed E-state index contributed by atoms with van der Waals surface area (Å²) in [5.74, 6) is 0.289. The number of aromatic nitrogens is 1. The number of hydrogen-bond acceptors (Lipinski definition) is 5. The second kappa shape index (κ2) is 7.64. The van der Waals surface area contributed by atoms with Gasteiger partial charge in [-0.2, -0.15) is 0 Å². The van der Waals surface area contributed by atoms with Crippen LogP contribution in [0, 0.1) is 0 Å². The third-order valence-corrected chi connectivity index (χ3v) is 5.11. The number of nitrogens with zero attached hydrogens (tertiary/aromatic N) is 2. The Hall–Kier alpha value is -1.30. The fourth-order valence-corrected chi connectivity index (χ4v) is 3.63. The Bertz CT molecular complexity index is 466. The lowest BCUT2D eigenvalue weighted by molar-refractivity contribution is 0.0938. The molecule has 0 aliphatic heterocycles. The Morgan fingerprint density at radius 3 is 2.67 bits per heavy atom. The number of hydrogen-bond donors (Lipinski definition) is 2. The molecule has 5 nitrogen and oxygen atoms in total. The van der Waals surface area contributed by atoms with Crippen LogP contribution in [0.1, 0.15) is 61.5 Å². The summed E-state index contributed by atoms with van der Waals surface area (Å²) in [6, 6.07) is 0.290. The van der Waals surface area contributed by atoms with Crippen LogP contribution in [0.15, 0.2) is 0 Å². The molecular weight excluding hydrogens is 284 g/mol. The van der Waals surface area contributed by atoms with Crippen molar-refractivity contribution in [1.82, 2.24) is 10.3 Å². The first-order valence-corrected chi connectivity index (χ1v) is 8.71. The molecule has 0 unspecified atom stereocenters. The van der Waals surface area contributed by atoms with Gasteiger partial charge in [0, 0.05) is 19.6 Å². The maximum Gasteiger partial charge on any atom is 0.265 e. The van der Waals surface area contributed by atoms with Crippen LogP contribution < -0.4 is 16.0 Å². The van der Waals surface area contributed by atoms with E-state index in [-0.39, 0.29) is 5.91 Å². The summed E-state index contributed by atoms with van der Waals surface area (Å²) in [6.45, 7) is 3.03. The highest BCUT2D eigenvalue weighted by Crippen LogP contribution is 2.28. The SMILES string of the molecule is CCCN(C)c1nc(N)c(C(=O)NC2CCCCCC2)s1. The molecular formula is C15H26N4OS. The van der Waals surface area contributed by atoms with E-state index in [4.69, 9.17) is 5.73 Å². The average molecular weight is 310 g/mol. The molecule has 2 rings (SSSR count). The number of carbonyl (C=O) groups is 1. The van der Waals surface area contributed by atoms with Gasteiger partial charge >= 0.3 is 0 Å². The molecule has 0 spiro atoms. The highest BCUT2D eigenvalue weighted by atomic mass is 32.1.